The molecule has 2 atom stereocenters. The number of amides is 1. The van der Waals surface area contributed by atoms with Crippen LogP contribution in [0.5, 0.6) is 0 Å². The van der Waals surface area contributed by atoms with Crippen LogP contribution in [0.4, 0.5) is 0 Å². The van der Waals surface area contributed by atoms with E-state index in [1.165, 1.54) is 0 Å². The van der Waals surface area contributed by atoms with Gasteiger partial charge < -0.3 is 15.5 Å². The zero-order valence-corrected chi connectivity index (χ0v) is 16.6. The van der Waals surface area contributed by atoms with Crippen LogP contribution in [-0.2, 0) is 14.8 Å². The van der Waals surface area contributed by atoms with Gasteiger partial charge in [0, 0.05) is 24.7 Å². The third-order valence-electron chi connectivity index (χ3n) is 4.58. The van der Waals surface area contributed by atoms with E-state index >= 15 is 0 Å². The van der Waals surface area contributed by atoms with Crippen molar-refractivity contribution in [2.75, 3.05) is 19.6 Å². The van der Waals surface area contributed by atoms with Gasteiger partial charge in [-0.1, -0.05) is 19.1 Å². The summed E-state index contributed by atoms with van der Waals surface area (Å²) in [4.78, 5) is 14.7. The molecule has 9 heteroatoms. The van der Waals surface area contributed by atoms with Crippen LogP contribution in [0.1, 0.15) is 32.3 Å². The number of nitrogens with one attached hydrogen (secondary N) is 2. The summed E-state index contributed by atoms with van der Waals surface area (Å²) in [5, 5.41) is 6.21. The summed E-state index contributed by atoms with van der Waals surface area (Å²) in [6.07, 6.45) is 1.53. The smallest absolute Gasteiger partial charge is 0.285 e. The fourth-order valence-corrected chi connectivity index (χ4v) is 4.60. The van der Waals surface area contributed by atoms with Gasteiger partial charge >= 0.3 is 0 Å². The van der Waals surface area contributed by atoms with E-state index in [-0.39, 0.29) is 35.3 Å². The van der Waals surface area contributed by atoms with Crippen LogP contribution in [-0.4, -0.2) is 56.8 Å². The molecule has 3 rings (SSSR count). The van der Waals surface area contributed by atoms with Crippen LogP contribution < -0.4 is 10.6 Å². The Balaban J connectivity index is 0.00000243. The van der Waals surface area contributed by atoms with Gasteiger partial charge in [-0.25, -0.2) is 0 Å². The average Bonchev–Trinajstić information content (AvgIpc) is 3.16. The van der Waals surface area contributed by atoms with Crippen molar-refractivity contribution >= 4 is 34.2 Å². The number of likely N-dealkylation sites (tertiary alicyclic amines) is 1. The zero-order chi connectivity index (χ0) is 18.0. The maximum atomic E-state index is 12.6. The highest BCUT2D eigenvalue weighted by Crippen LogP contribution is 2.31. The van der Waals surface area contributed by atoms with Crippen LogP contribution in [0.15, 0.2) is 33.6 Å². The van der Waals surface area contributed by atoms with E-state index < -0.39 is 10.0 Å². The molecule has 2 aliphatic rings. The molecule has 1 fully saturated rings. The van der Waals surface area contributed by atoms with E-state index in [4.69, 9.17) is 0 Å². The minimum Gasteiger partial charge on any atom is -0.353 e. The second-order valence-electron chi connectivity index (χ2n) is 6.44. The van der Waals surface area contributed by atoms with Gasteiger partial charge in [0.25, 0.3) is 10.0 Å². The first-order valence-corrected chi connectivity index (χ1v) is 10.1. The molecule has 0 saturated carbocycles. The Morgan fingerprint density at radius 1 is 1.38 bits per heavy atom. The monoisotopic (exact) mass is 400 g/mol. The van der Waals surface area contributed by atoms with Crippen molar-refractivity contribution in [2.24, 2.45) is 4.40 Å². The molecule has 1 unspecified atom stereocenters. The quantitative estimate of drug-likeness (QED) is 0.773. The number of carbonyl (C=O) groups excluding carboxylic acids is 1. The Hall–Kier alpha value is -1.64. The minimum absolute atomic E-state index is 0. The molecule has 0 bridgehead atoms. The van der Waals surface area contributed by atoms with Gasteiger partial charge in [-0.05, 0) is 38.4 Å². The summed E-state index contributed by atoms with van der Waals surface area (Å²) >= 11 is 0. The van der Waals surface area contributed by atoms with Gasteiger partial charge in [0.15, 0.2) is 5.84 Å². The fraction of sp³-hybridized carbons (Fsp3) is 0.529. The first kappa shape index (κ1) is 20.7. The number of carbonyl (C=O) groups is 1. The first-order valence-electron chi connectivity index (χ1n) is 8.66. The lowest BCUT2D eigenvalue weighted by atomic mass is 10.1. The molecule has 2 heterocycles. The van der Waals surface area contributed by atoms with Crippen molar-refractivity contribution < 1.29 is 13.2 Å². The highest BCUT2D eigenvalue weighted by atomic mass is 35.5. The van der Waals surface area contributed by atoms with Gasteiger partial charge in [0.2, 0.25) is 5.91 Å². The van der Waals surface area contributed by atoms with Crippen LogP contribution in [0.25, 0.3) is 0 Å². The third-order valence-corrected chi connectivity index (χ3v) is 5.90. The molecule has 1 saturated heterocycles. The molecule has 1 aromatic rings. The van der Waals surface area contributed by atoms with Crippen molar-refractivity contribution in [3.63, 3.8) is 0 Å². The van der Waals surface area contributed by atoms with Crippen LogP contribution in [0.2, 0.25) is 0 Å². The standard InChI is InChI=1S/C17H24N4O3S.ClH/c1-3-18-12(2)11-19-17(22)14-8-6-10-21(14)16-13-7-4-5-9-15(13)25(23,24)20-16;/h4-5,7,9,12,14,18H,3,6,8,10-11H2,1-2H3,(H,19,22);1H/t12-,14?;/m1./s1. The fourth-order valence-electron chi connectivity index (χ4n) is 3.38. The normalized spacial score (nSPS) is 21.5. The number of hydrogen-bond acceptors (Lipinski definition) is 5. The van der Waals surface area contributed by atoms with Gasteiger partial charge in [0.05, 0.1) is 0 Å². The number of hydrogen-bond donors (Lipinski definition) is 2. The second kappa shape index (κ2) is 8.37. The van der Waals surface area contributed by atoms with Gasteiger partial charge in [-0.3, -0.25) is 4.79 Å². The van der Waals surface area contributed by atoms with Crippen LogP contribution >= 0.6 is 12.4 Å². The second-order valence-corrected chi connectivity index (χ2v) is 8.01. The van der Waals surface area contributed by atoms with Gasteiger partial charge in [-0.2, -0.15) is 8.42 Å². The molecular formula is C17H25ClN4O3S. The average molecular weight is 401 g/mol. The summed E-state index contributed by atoms with van der Waals surface area (Å²) in [6.45, 7) is 6.05. The summed E-state index contributed by atoms with van der Waals surface area (Å²) < 4.78 is 28.5. The van der Waals surface area contributed by atoms with Crippen LogP contribution in [0.3, 0.4) is 0 Å². The Morgan fingerprint density at radius 3 is 2.85 bits per heavy atom. The molecule has 2 aliphatic heterocycles. The topological polar surface area (TPSA) is 90.9 Å². The Morgan fingerprint density at radius 2 is 2.12 bits per heavy atom. The third kappa shape index (κ3) is 4.02. The largest absolute Gasteiger partial charge is 0.353 e. The lowest BCUT2D eigenvalue weighted by Crippen LogP contribution is -2.48. The molecule has 7 nitrogen and oxygen atoms in total. The number of fused-ring (bicyclic) bond motifs is 1. The zero-order valence-electron chi connectivity index (χ0n) is 14.9. The molecule has 144 valence electrons. The van der Waals surface area contributed by atoms with Crippen molar-refractivity contribution in [3.05, 3.63) is 29.8 Å². The predicted molar refractivity (Wildman–Crippen MR) is 103 cm³/mol. The molecule has 2 N–H and O–H groups in total. The van der Waals surface area contributed by atoms with Gasteiger partial charge in [-0.15, -0.1) is 16.8 Å². The minimum atomic E-state index is -3.67. The molecule has 0 aliphatic carbocycles. The maximum absolute atomic E-state index is 12.6. The first-order chi connectivity index (χ1) is 11.9. The van der Waals surface area contributed by atoms with Crippen LogP contribution in [0, 0.1) is 0 Å². The summed E-state index contributed by atoms with van der Waals surface area (Å²) in [7, 11) is -3.67. The van der Waals surface area contributed by atoms with E-state index in [0.29, 0.717) is 30.9 Å². The SMILES string of the molecule is CCN[C@H](C)CNC(=O)C1CCCN1C1=NS(=O)(=O)c2ccccc21.Cl. The number of nitrogens with zero attached hydrogens (tertiary/aromatic N) is 2. The van der Waals surface area contributed by atoms with Crippen molar-refractivity contribution in [3.8, 4) is 0 Å². The Labute approximate surface area is 160 Å². The van der Waals surface area contributed by atoms with E-state index in [1.807, 2.05) is 18.7 Å². The number of likely N-dealkylation sites (N-methyl/N-ethyl adjacent to an activating group) is 1. The molecule has 1 amide bonds. The molecule has 26 heavy (non-hydrogen) atoms. The van der Waals surface area contributed by atoms with Crippen molar-refractivity contribution in [1.82, 2.24) is 15.5 Å². The lowest BCUT2D eigenvalue weighted by Gasteiger charge is -2.26. The number of amidine groups is 1. The summed E-state index contributed by atoms with van der Waals surface area (Å²) in [5.41, 5.74) is 0.586. The maximum Gasteiger partial charge on any atom is 0.285 e. The molecular weight excluding hydrogens is 376 g/mol. The van der Waals surface area contributed by atoms with E-state index in [0.717, 1.165) is 13.0 Å². The van der Waals surface area contributed by atoms with E-state index in [2.05, 4.69) is 15.0 Å². The predicted octanol–water partition coefficient (Wildman–Crippen LogP) is 1.14. The van der Waals surface area contributed by atoms with E-state index in [9.17, 15) is 13.2 Å². The lowest BCUT2D eigenvalue weighted by molar-refractivity contribution is -0.124. The highest BCUT2D eigenvalue weighted by molar-refractivity contribution is 7.90. The molecule has 0 spiro atoms. The molecule has 1 aromatic carbocycles. The molecule has 0 radical (unpaired) electrons. The van der Waals surface area contributed by atoms with Crippen molar-refractivity contribution in [1.29, 1.82) is 0 Å². The number of sulfonamides is 1. The van der Waals surface area contributed by atoms with Gasteiger partial charge in [0.1, 0.15) is 10.9 Å². The Bertz CT molecular complexity index is 797. The number of halogens is 1. The van der Waals surface area contributed by atoms with E-state index in [1.54, 1.807) is 24.3 Å². The molecule has 0 aromatic heterocycles. The number of benzene rings is 1. The summed E-state index contributed by atoms with van der Waals surface area (Å²) in [6, 6.07) is 6.59. The summed E-state index contributed by atoms with van der Waals surface area (Å²) in [5.74, 6) is 0.319. The highest BCUT2D eigenvalue weighted by Gasteiger charge is 2.39. The number of rotatable bonds is 5. The Kier molecular flexibility index (Phi) is 6.65. The van der Waals surface area contributed by atoms with Crippen molar-refractivity contribution in [2.45, 2.75) is 43.7 Å².